The van der Waals surface area contributed by atoms with Gasteiger partial charge in [0.1, 0.15) is 5.75 Å². The van der Waals surface area contributed by atoms with E-state index in [0.717, 1.165) is 16.9 Å². The van der Waals surface area contributed by atoms with Crippen LogP contribution in [0.4, 0.5) is 8.78 Å². The minimum atomic E-state index is -2.68. The van der Waals surface area contributed by atoms with Crippen LogP contribution in [0.5, 0.6) is 5.75 Å². The van der Waals surface area contributed by atoms with Crippen LogP contribution in [-0.4, -0.2) is 40.8 Å². The van der Waals surface area contributed by atoms with Crippen molar-refractivity contribution in [1.29, 1.82) is 0 Å². The summed E-state index contributed by atoms with van der Waals surface area (Å²) in [6, 6.07) is 16.7. The summed E-state index contributed by atoms with van der Waals surface area (Å²) in [5.74, 6) is -2.41. The number of hydrogen-bond donors (Lipinski definition) is 1. The Hall–Kier alpha value is -1.59. The molecular weight excluding hydrogens is 340 g/mol. The molecule has 134 valence electrons. The summed E-state index contributed by atoms with van der Waals surface area (Å²) >= 11 is 1.58. The Morgan fingerprint density at radius 1 is 1.08 bits per heavy atom. The minimum Gasteiger partial charge on any atom is -0.507 e. The van der Waals surface area contributed by atoms with Gasteiger partial charge in [0.15, 0.2) is 0 Å². The predicted molar refractivity (Wildman–Crippen MR) is 98.5 cm³/mol. The summed E-state index contributed by atoms with van der Waals surface area (Å²) < 4.78 is 28.6. The van der Waals surface area contributed by atoms with Crippen molar-refractivity contribution in [3.05, 3.63) is 60.2 Å². The fraction of sp³-hybridized carbons (Fsp3) is 0.400. The Balaban J connectivity index is 1.47. The third kappa shape index (κ3) is 5.44. The molecule has 1 N–H and O–H groups in total. The molecule has 5 heteroatoms. The first-order chi connectivity index (χ1) is 12.0. The number of benzene rings is 2. The molecule has 25 heavy (non-hydrogen) atoms. The van der Waals surface area contributed by atoms with Crippen molar-refractivity contribution in [1.82, 2.24) is 4.90 Å². The van der Waals surface area contributed by atoms with Gasteiger partial charge in [-0.15, -0.1) is 11.8 Å². The lowest BCUT2D eigenvalue weighted by atomic mass is 10.1. The van der Waals surface area contributed by atoms with Crippen LogP contribution in [0, 0.1) is 0 Å². The summed E-state index contributed by atoms with van der Waals surface area (Å²) in [4.78, 5) is 2.67. The van der Waals surface area contributed by atoms with Crippen molar-refractivity contribution in [2.75, 3.05) is 19.6 Å². The molecule has 1 fully saturated rings. The zero-order valence-electron chi connectivity index (χ0n) is 14.1. The molecule has 3 rings (SSSR count). The maximum atomic E-state index is 14.3. The summed E-state index contributed by atoms with van der Waals surface area (Å²) in [7, 11) is 0. The number of nitrogens with zero attached hydrogens (tertiary/aromatic N) is 1. The van der Waals surface area contributed by atoms with Gasteiger partial charge in [-0.2, -0.15) is 0 Å². The Bertz CT molecular complexity index is 680. The number of phenolic OH excluding ortho intramolecular Hbond substituents is 1. The number of phenols is 1. The zero-order valence-corrected chi connectivity index (χ0v) is 14.9. The molecule has 0 aliphatic carbocycles. The van der Waals surface area contributed by atoms with E-state index < -0.39 is 5.92 Å². The fourth-order valence-electron chi connectivity index (χ4n) is 3.15. The van der Waals surface area contributed by atoms with Crippen molar-refractivity contribution in [3.63, 3.8) is 0 Å². The van der Waals surface area contributed by atoms with Gasteiger partial charge in [-0.3, -0.25) is 4.90 Å². The summed E-state index contributed by atoms with van der Waals surface area (Å²) in [5, 5.41) is 10.1. The van der Waals surface area contributed by atoms with E-state index in [9.17, 15) is 13.9 Å². The molecular formula is C20H23F2NOS. The smallest absolute Gasteiger partial charge is 0.260 e. The molecule has 0 amide bonds. The number of halogens is 2. The van der Waals surface area contributed by atoms with E-state index in [0.29, 0.717) is 19.5 Å². The van der Waals surface area contributed by atoms with Crippen molar-refractivity contribution < 1.29 is 13.9 Å². The lowest BCUT2D eigenvalue weighted by Crippen LogP contribution is -2.36. The Morgan fingerprint density at radius 2 is 1.80 bits per heavy atom. The number of para-hydroxylation sites is 1. The number of hydrogen-bond acceptors (Lipinski definition) is 3. The van der Waals surface area contributed by atoms with Gasteiger partial charge >= 0.3 is 0 Å². The topological polar surface area (TPSA) is 23.5 Å². The van der Waals surface area contributed by atoms with Crippen LogP contribution >= 0.6 is 11.8 Å². The second-order valence-electron chi connectivity index (χ2n) is 6.57. The maximum absolute atomic E-state index is 14.3. The SMILES string of the molecule is Oc1ccccc1SC1CCN(CC(F)(F)CCc2ccccc2)C1. The molecule has 1 atom stereocenters. The van der Waals surface area contributed by atoms with E-state index in [1.807, 2.05) is 47.4 Å². The van der Waals surface area contributed by atoms with Crippen LogP contribution in [0.2, 0.25) is 0 Å². The van der Waals surface area contributed by atoms with Crippen LogP contribution in [0.3, 0.4) is 0 Å². The molecule has 1 unspecified atom stereocenters. The number of likely N-dealkylation sites (tertiary alicyclic amines) is 1. The molecule has 1 heterocycles. The Labute approximate surface area is 151 Å². The average Bonchev–Trinajstić information content (AvgIpc) is 3.02. The third-order valence-corrected chi connectivity index (χ3v) is 5.78. The highest BCUT2D eigenvalue weighted by Crippen LogP contribution is 2.35. The highest BCUT2D eigenvalue weighted by molar-refractivity contribution is 8.00. The third-order valence-electron chi connectivity index (χ3n) is 4.47. The number of aryl methyl sites for hydroxylation is 1. The second kappa shape index (κ2) is 8.19. The van der Waals surface area contributed by atoms with Gasteiger partial charge in [-0.05, 0) is 37.1 Å². The number of aromatic hydroxyl groups is 1. The first-order valence-electron chi connectivity index (χ1n) is 8.61. The summed E-state index contributed by atoms with van der Waals surface area (Å²) in [6.07, 6.45) is 1.15. The van der Waals surface area contributed by atoms with Gasteiger partial charge in [-0.1, -0.05) is 42.5 Å². The Morgan fingerprint density at radius 3 is 2.56 bits per heavy atom. The summed E-state index contributed by atoms with van der Waals surface area (Å²) in [5.41, 5.74) is 0.955. The normalized spacial score (nSPS) is 18.6. The van der Waals surface area contributed by atoms with Gasteiger partial charge in [0.2, 0.25) is 0 Å². The molecule has 1 saturated heterocycles. The molecule has 2 aromatic carbocycles. The standard InChI is InChI=1S/C20H23F2NOS/c21-20(22,12-10-16-6-2-1-3-7-16)15-23-13-11-17(14-23)25-19-9-5-4-8-18(19)24/h1-9,17,24H,10-15H2. The lowest BCUT2D eigenvalue weighted by Gasteiger charge is -2.23. The maximum Gasteiger partial charge on any atom is 0.260 e. The van der Waals surface area contributed by atoms with Gasteiger partial charge in [-0.25, -0.2) is 8.78 Å². The first-order valence-corrected chi connectivity index (χ1v) is 9.48. The minimum absolute atomic E-state index is 0.120. The molecule has 2 nitrogen and oxygen atoms in total. The van der Waals surface area contributed by atoms with E-state index >= 15 is 0 Å². The number of alkyl halides is 2. The van der Waals surface area contributed by atoms with Crippen LogP contribution < -0.4 is 0 Å². The van der Waals surface area contributed by atoms with E-state index in [1.54, 1.807) is 23.9 Å². The quantitative estimate of drug-likeness (QED) is 0.762. The molecule has 0 saturated carbocycles. The van der Waals surface area contributed by atoms with E-state index in [-0.39, 0.29) is 24.0 Å². The van der Waals surface area contributed by atoms with Gasteiger partial charge in [0.25, 0.3) is 5.92 Å². The van der Waals surface area contributed by atoms with Gasteiger partial charge in [0.05, 0.1) is 6.54 Å². The van der Waals surface area contributed by atoms with Gasteiger partial charge < -0.3 is 5.11 Å². The first kappa shape index (κ1) is 18.2. The highest BCUT2D eigenvalue weighted by atomic mass is 32.2. The monoisotopic (exact) mass is 363 g/mol. The van der Waals surface area contributed by atoms with E-state index in [2.05, 4.69) is 0 Å². The molecule has 1 aliphatic heterocycles. The van der Waals surface area contributed by atoms with Crippen molar-refractivity contribution in [3.8, 4) is 5.75 Å². The molecule has 0 bridgehead atoms. The number of rotatable bonds is 7. The predicted octanol–water partition coefficient (Wildman–Crippen LogP) is 4.83. The largest absolute Gasteiger partial charge is 0.507 e. The van der Waals surface area contributed by atoms with E-state index in [1.165, 1.54) is 0 Å². The van der Waals surface area contributed by atoms with E-state index in [4.69, 9.17) is 0 Å². The van der Waals surface area contributed by atoms with Crippen molar-refractivity contribution >= 4 is 11.8 Å². The molecule has 0 aromatic heterocycles. The number of thioether (sulfide) groups is 1. The Kier molecular flexibility index (Phi) is 5.97. The van der Waals surface area contributed by atoms with Gasteiger partial charge in [0, 0.05) is 23.1 Å². The van der Waals surface area contributed by atoms with Crippen molar-refractivity contribution in [2.45, 2.75) is 35.3 Å². The fourth-order valence-corrected chi connectivity index (χ4v) is 4.37. The molecule has 1 aliphatic rings. The molecule has 2 aromatic rings. The zero-order chi connectivity index (χ0) is 17.7. The second-order valence-corrected chi connectivity index (χ2v) is 7.92. The highest BCUT2D eigenvalue weighted by Gasteiger charge is 2.34. The lowest BCUT2D eigenvalue weighted by molar-refractivity contribution is -0.0339. The van der Waals surface area contributed by atoms with Crippen molar-refractivity contribution in [2.24, 2.45) is 0 Å². The van der Waals surface area contributed by atoms with Crippen LogP contribution in [-0.2, 0) is 6.42 Å². The van der Waals surface area contributed by atoms with Crippen LogP contribution in [0.1, 0.15) is 18.4 Å². The average molecular weight is 363 g/mol. The van der Waals surface area contributed by atoms with Crippen LogP contribution in [0.15, 0.2) is 59.5 Å². The molecule has 0 spiro atoms. The molecule has 0 radical (unpaired) electrons. The summed E-state index contributed by atoms with van der Waals surface area (Å²) in [6.45, 7) is 1.14. The van der Waals surface area contributed by atoms with Crippen LogP contribution in [0.25, 0.3) is 0 Å².